The molecule has 2 amide bonds. The van der Waals surface area contributed by atoms with Gasteiger partial charge in [-0.15, -0.1) is 0 Å². The summed E-state index contributed by atoms with van der Waals surface area (Å²) in [5, 5.41) is 9.96. The van der Waals surface area contributed by atoms with Crippen molar-refractivity contribution < 1.29 is 18.9 Å². The zero-order valence-electron chi connectivity index (χ0n) is 43.0. The van der Waals surface area contributed by atoms with E-state index in [9.17, 15) is 14.2 Å². The van der Waals surface area contributed by atoms with Crippen LogP contribution in [0.5, 0.6) is 5.75 Å². The van der Waals surface area contributed by atoms with Gasteiger partial charge in [-0.25, -0.2) is 4.98 Å². The molecule has 0 spiro atoms. The van der Waals surface area contributed by atoms with Crippen LogP contribution in [0.4, 0.5) is 34.5 Å². The number of amides is 2. The Labute approximate surface area is 438 Å². The third-order valence-corrected chi connectivity index (χ3v) is 18.3. The van der Waals surface area contributed by atoms with Crippen LogP contribution in [-0.2, 0) is 20.6 Å². The van der Waals surface area contributed by atoms with Gasteiger partial charge in [-0.05, 0) is 147 Å². The number of carbonyl (C=O) groups is 2. The SMILES string of the molecule is CCc1cc(Nc2ncc(Br)c(Nc3ccc4nccnc4c3P(C)(C)=O)n2)c(OC)cc1N1CCC(N2CCN(CC3CCN(CC4CCN(c5ccc(C6CCC(=O)NC6=O)cc5)CC4)CC3)CC2)CC1. The standard InChI is InChI=1S/C55H72BrN12O4P/c1-5-39-32-47(61-55-59-34-44(56)53(63-55)60-46-12-11-45-51(58-21-20-57-45)52(46)73(3,4)71)49(72-2)33-48(39)68-26-18-42(19-27-68)67-30-28-65(29-31-67)36-37-14-22-64(23-15-37)35-38-16-24-66(25-17-38)41-8-6-40(7-9-41)43-10-13-50(69)62-54(43)70/h6-9,11-12,20-21,32-34,37-38,42-43H,5,10,13-19,22-31,35-36H2,1-4H3,(H,62,69,70)(H2,59,60,61,63). The van der Waals surface area contributed by atoms with E-state index >= 15 is 0 Å². The molecule has 2 aromatic heterocycles. The van der Waals surface area contributed by atoms with Crippen molar-refractivity contribution in [2.75, 3.05) is 119 Å². The van der Waals surface area contributed by atoms with Crippen LogP contribution < -0.4 is 35.8 Å². The number of aryl methyl sites for hydroxylation is 1. The van der Waals surface area contributed by atoms with Crippen LogP contribution in [0.15, 0.2) is 71.6 Å². The number of aromatic nitrogens is 4. The number of anilines is 6. The van der Waals surface area contributed by atoms with Crippen LogP contribution in [-0.4, -0.2) is 151 Å². The molecular weight excluding hydrogens is 1000 g/mol. The van der Waals surface area contributed by atoms with Gasteiger partial charge >= 0.3 is 0 Å². The van der Waals surface area contributed by atoms with Crippen molar-refractivity contribution in [2.45, 2.75) is 76.7 Å². The summed E-state index contributed by atoms with van der Waals surface area (Å²) in [7, 11) is -1.06. The van der Waals surface area contributed by atoms with Gasteiger partial charge in [0.25, 0.3) is 0 Å². The van der Waals surface area contributed by atoms with Gasteiger partial charge in [-0.2, -0.15) is 4.98 Å². The van der Waals surface area contributed by atoms with Gasteiger partial charge in [0.15, 0.2) is 0 Å². The first-order chi connectivity index (χ1) is 35.4. The lowest BCUT2D eigenvalue weighted by molar-refractivity contribution is -0.134. The number of nitrogens with zero attached hydrogens (tertiary/aromatic N) is 9. The monoisotopic (exact) mass is 1070 g/mol. The molecule has 3 N–H and O–H groups in total. The van der Waals surface area contributed by atoms with Crippen molar-refractivity contribution in [3.05, 3.63) is 82.7 Å². The van der Waals surface area contributed by atoms with Crippen molar-refractivity contribution in [1.29, 1.82) is 0 Å². The van der Waals surface area contributed by atoms with Gasteiger partial charge < -0.3 is 39.5 Å². The zero-order chi connectivity index (χ0) is 50.6. The molecule has 5 aliphatic rings. The highest BCUT2D eigenvalue weighted by molar-refractivity contribution is 9.10. The normalized spacial score (nSPS) is 20.6. The number of piperidine rings is 4. The first-order valence-electron chi connectivity index (χ1n) is 26.6. The molecule has 388 valence electrons. The molecule has 5 fully saturated rings. The second-order valence-electron chi connectivity index (χ2n) is 21.2. The molecule has 7 heterocycles. The minimum absolute atomic E-state index is 0.165. The summed E-state index contributed by atoms with van der Waals surface area (Å²) in [5.41, 5.74) is 7.47. The average molecular weight is 1080 g/mol. The Kier molecular flexibility index (Phi) is 16.0. The quantitative estimate of drug-likeness (QED) is 0.0678. The summed E-state index contributed by atoms with van der Waals surface area (Å²) < 4.78 is 20.2. The predicted molar refractivity (Wildman–Crippen MR) is 296 cm³/mol. The fourth-order valence-electron chi connectivity index (χ4n) is 12.1. The molecular formula is C55H72BrN12O4P. The predicted octanol–water partition coefficient (Wildman–Crippen LogP) is 8.22. The van der Waals surface area contributed by atoms with Crippen LogP contribution in [0.1, 0.15) is 75.3 Å². The van der Waals surface area contributed by atoms with E-state index in [1.54, 1.807) is 39.0 Å². The van der Waals surface area contributed by atoms with Gasteiger partial charge in [0.1, 0.15) is 24.2 Å². The zero-order valence-corrected chi connectivity index (χ0v) is 45.5. The van der Waals surface area contributed by atoms with E-state index in [1.165, 1.54) is 81.9 Å². The summed E-state index contributed by atoms with van der Waals surface area (Å²) in [5.74, 6) is 2.65. The summed E-state index contributed by atoms with van der Waals surface area (Å²) >= 11 is 3.62. The summed E-state index contributed by atoms with van der Waals surface area (Å²) in [4.78, 5) is 55.7. The molecule has 0 aliphatic carbocycles. The maximum atomic E-state index is 13.6. The average Bonchev–Trinajstić information content (AvgIpc) is 3.40. The minimum Gasteiger partial charge on any atom is -0.494 e. The molecule has 5 aliphatic heterocycles. The topological polar surface area (TPSA) is 164 Å². The molecule has 73 heavy (non-hydrogen) atoms. The molecule has 1 unspecified atom stereocenters. The number of hydrogen-bond donors (Lipinski definition) is 3. The number of imide groups is 1. The van der Waals surface area contributed by atoms with Gasteiger partial charge in [0.2, 0.25) is 17.8 Å². The second kappa shape index (κ2) is 22.7. The molecule has 5 saturated heterocycles. The van der Waals surface area contributed by atoms with E-state index in [4.69, 9.17) is 9.72 Å². The van der Waals surface area contributed by atoms with Crippen molar-refractivity contribution >= 4 is 85.7 Å². The molecule has 10 rings (SSSR count). The number of halogens is 1. The molecule has 3 aromatic carbocycles. The van der Waals surface area contributed by atoms with Gasteiger partial charge in [0, 0.05) is 114 Å². The first kappa shape index (κ1) is 51.3. The highest BCUT2D eigenvalue weighted by Crippen LogP contribution is 2.42. The summed E-state index contributed by atoms with van der Waals surface area (Å²) in [6, 6.07) is 17.2. The van der Waals surface area contributed by atoms with Crippen LogP contribution in [0.2, 0.25) is 0 Å². The molecule has 0 radical (unpaired) electrons. The van der Waals surface area contributed by atoms with Gasteiger partial charge in [0.05, 0.1) is 39.7 Å². The number of rotatable bonds is 15. The number of fused-ring (bicyclic) bond motifs is 1. The molecule has 16 nitrogen and oxygen atoms in total. The number of nitrogens with one attached hydrogen (secondary N) is 3. The van der Waals surface area contributed by atoms with Crippen LogP contribution in [0.25, 0.3) is 11.0 Å². The number of carbonyl (C=O) groups excluding carboxylic acids is 2. The molecule has 0 bridgehead atoms. The Morgan fingerprint density at radius 3 is 2.10 bits per heavy atom. The van der Waals surface area contributed by atoms with Crippen molar-refractivity contribution in [2.24, 2.45) is 11.8 Å². The Balaban J connectivity index is 0.659. The van der Waals surface area contributed by atoms with E-state index in [-0.39, 0.29) is 17.7 Å². The first-order valence-corrected chi connectivity index (χ1v) is 30.0. The van der Waals surface area contributed by atoms with Crippen molar-refractivity contribution in [3.8, 4) is 5.75 Å². The van der Waals surface area contributed by atoms with Crippen molar-refractivity contribution in [1.82, 2.24) is 40.0 Å². The van der Waals surface area contributed by atoms with Crippen LogP contribution in [0, 0.1) is 11.8 Å². The number of benzene rings is 3. The Morgan fingerprint density at radius 1 is 0.753 bits per heavy atom. The maximum absolute atomic E-state index is 13.6. The fourth-order valence-corrected chi connectivity index (χ4v) is 13.7. The lowest BCUT2D eigenvalue weighted by Gasteiger charge is -2.44. The largest absolute Gasteiger partial charge is 0.494 e. The second-order valence-corrected chi connectivity index (χ2v) is 25.2. The van der Waals surface area contributed by atoms with E-state index in [1.807, 2.05) is 12.1 Å². The Bertz CT molecular complexity index is 2800. The van der Waals surface area contributed by atoms with E-state index < -0.39 is 7.14 Å². The number of methoxy groups -OCH3 is 1. The number of piperazine rings is 1. The highest BCUT2D eigenvalue weighted by atomic mass is 79.9. The smallest absolute Gasteiger partial charge is 0.234 e. The third-order valence-electron chi connectivity index (χ3n) is 16.2. The minimum atomic E-state index is -2.77. The molecule has 0 saturated carbocycles. The van der Waals surface area contributed by atoms with E-state index in [0.29, 0.717) is 57.1 Å². The molecule has 18 heteroatoms. The van der Waals surface area contributed by atoms with Gasteiger partial charge in [-0.1, -0.05) is 19.1 Å². The lowest BCUT2D eigenvalue weighted by Crippen LogP contribution is -2.54. The Morgan fingerprint density at radius 2 is 1.42 bits per heavy atom. The third kappa shape index (κ3) is 12.0. The molecule has 1 atom stereocenters. The number of hydrogen-bond acceptors (Lipinski definition) is 15. The number of likely N-dealkylation sites (tertiary alicyclic amines) is 1. The van der Waals surface area contributed by atoms with Gasteiger partial charge in [-0.3, -0.25) is 29.8 Å². The fraction of sp³-hybridized carbons (Fsp3) is 0.527. The van der Waals surface area contributed by atoms with E-state index in [2.05, 4.69) is 115 Å². The molecule has 5 aromatic rings. The van der Waals surface area contributed by atoms with Crippen LogP contribution in [0.3, 0.4) is 0 Å². The summed E-state index contributed by atoms with van der Waals surface area (Å²) in [6.45, 7) is 19.5. The highest BCUT2D eigenvalue weighted by Gasteiger charge is 2.32. The Hall–Kier alpha value is -5.19. The maximum Gasteiger partial charge on any atom is 0.234 e. The van der Waals surface area contributed by atoms with Crippen molar-refractivity contribution in [3.63, 3.8) is 0 Å². The van der Waals surface area contributed by atoms with Crippen LogP contribution >= 0.6 is 23.1 Å². The van der Waals surface area contributed by atoms with E-state index in [0.717, 1.165) is 87.4 Å². The number of ether oxygens (including phenoxy) is 1. The summed E-state index contributed by atoms with van der Waals surface area (Å²) in [6.07, 6.45) is 14.2. The lowest BCUT2D eigenvalue weighted by atomic mass is 9.90.